The van der Waals surface area contributed by atoms with Crippen molar-refractivity contribution in [3.8, 4) is 11.5 Å². The molecule has 2 atom stereocenters. The zero-order valence-electron chi connectivity index (χ0n) is 17.1. The van der Waals surface area contributed by atoms with Crippen LogP contribution in [0.1, 0.15) is 51.0 Å². The third-order valence-electron chi connectivity index (χ3n) is 5.94. The smallest absolute Gasteiger partial charge is 0.223 e. The molecule has 2 unspecified atom stereocenters. The summed E-state index contributed by atoms with van der Waals surface area (Å²) in [6.45, 7) is 2.84. The van der Waals surface area contributed by atoms with Crippen molar-refractivity contribution in [2.75, 3.05) is 6.61 Å². The Bertz CT molecular complexity index is 780. The molecule has 29 heavy (non-hydrogen) atoms. The van der Waals surface area contributed by atoms with E-state index in [9.17, 15) is 4.79 Å². The van der Waals surface area contributed by atoms with Crippen LogP contribution in [0.15, 0.2) is 48.8 Å². The second kappa shape index (κ2) is 9.29. The number of pyridine rings is 1. The molecule has 5 nitrogen and oxygen atoms in total. The second-order valence-electron chi connectivity index (χ2n) is 8.08. The van der Waals surface area contributed by atoms with Gasteiger partial charge in [-0.2, -0.15) is 0 Å². The van der Waals surface area contributed by atoms with Crippen LogP contribution in [0.2, 0.25) is 0 Å². The van der Waals surface area contributed by atoms with Crippen molar-refractivity contribution in [1.82, 2.24) is 9.88 Å². The normalized spacial score (nSPS) is 23.1. The van der Waals surface area contributed by atoms with Crippen molar-refractivity contribution >= 4 is 5.91 Å². The number of benzene rings is 1. The topological polar surface area (TPSA) is 51.7 Å². The highest BCUT2D eigenvalue weighted by Crippen LogP contribution is 2.37. The van der Waals surface area contributed by atoms with E-state index >= 15 is 0 Å². The SMILES string of the molecule is CCCOc1ccc(CCC(=O)N2C3CCC2CC(Oc2cccnc2)C3)cc1. The highest BCUT2D eigenvalue weighted by molar-refractivity contribution is 5.77. The van der Waals surface area contributed by atoms with E-state index in [1.165, 1.54) is 5.56 Å². The summed E-state index contributed by atoms with van der Waals surface area (Å²) in [4.78, 5) is 19.2. The maximum absolute atomic E-state index is 13.0. The first-order chi connectivity index (χ1) is 14.2. The van der Waals surface area contributed by atoms with Gasteiger partial charge in [-0.25, -0.2) is 0 Å². The van der Waals surface area contributed by atoms with Crippen LogP contribution < -0.4 is 9.47 Å². The van der Waals surface area contributed by atoms with E-state index in [1.54, 1.807) is 12.4 Å². The van der Waals surface area contributed by atoms with Crippen molar-refractivity contribution in [3.63, 3.8) is 0 Å². The number of piperidine rings is 1. The van der Waals surface area contributed by atoms with E-state index < -0.39 is 0 Å². The molecule has 0 spiro atoms. The molecule has 2 aromatic rings. The van der Waals surface area contributed by atoms with Crippen LogP contribution in [0, 0.1) is 0 Å². The number of rotatable bonds is 8. The number of carbonyl (C=O) groups is 1. The number of hydrogen-bond donors (Lipinski definition) is 0. The molecule has 0 N–H and O–H groups in total. The van der Waals surface area contributed by atoms with Gasteiger partial charge in [0.05, 0.1) is 12.8 Å². The predicted molar refractivity (Wildman–Crippen MR) is 112 cm³/mol. The molecule has 1 aromatic heterocycles. The van der Waals surface area contributed by atoms with E-state index in [1.807, 2.05) is 24.3 Å². The monoisotopic (exact) mass is 394 g/mol. The molecule has 3 heterocycles. The number of amides is 1. The summed E-state index contributed by atoms with van der Waals surface area (Å²) in [6, 6.07) is 12.6. The summed E-state index contributed by atoms with van der Waals surface area (Å²) in [5, 5.41) is 0. The summed E-state index contributed by atoms with van der Waals surface area (Å²) in [7, 11) is 0. The van der Waals surface area contributed by atoms with Crippen LogP contribution in [0.4, 0.5) is 0 Å². The lowest BCUT2D eigenvalue weighted by Crippen LogP contribution is -2.49. The minimum atomic E-state index is 0.177. The van der Waals surface area contributed by atoms with Crippen LogP contribution in [0.3, 0.4) is 0 Å². The molecule has 1 amide bonds. The number of nitrogens with zero attached hydrogens (tertiary/aromatic N) is 2. The third kappa shape index (κ3) is 4.89. The first-order valence-electron chi connectivity index (χ1n) is 10.8. The van der Waals surface area contributed by atoms with Gasteiger partial charge in [0.1, 0.15) is 17.6 Å². The van der Waals surface area contributed by atoms with Gasteiger partial charge in [-0.3, -0.25) is 9.78 Å². The molecule has 5 heteroatoms. The molecule has 0 aliphatic carbocycles. The van der Waals surface area contributed by atoms with Crippen molar-refractivity contribution in [1.29, 1.82) is 0 Å². The maximum atomic E-state index is 13.0. The van der Waals surface area contributed by atoms with Crippen LogP contribution in [0.25, 0.3) is 0 Å². The fourth-order valence-electron chi connectivity index (χ4n) is 4.59. The lowest BCUT2D eigenvalue weighted by Gasteiger charge is -2.39. The molecular formula is C24H30N2O3. The van der Waals surface area contributed by atoms with Crippen LogP contribution in [0.5, 0.6) is 11.5 Å². The van der Waals surface area contributed by atoms with Gasteiger partial charge < -0.3 is 14.4 Å². The van der Waals surface area contributed by atoms with Gasteiger partial charge in [0.15, 0.2) is 0 Å². The van der Waals surface area contributed by atoms with Crippen LogP contribution in [-0.4, -0.2) is 40.6 Å². The average Bonchev–Trinajstić information content (AvgIpc) is 3.02. The van der Waals surface area contributed by atoms with Crippen LogP contribution >= 0.6 is 0 Å². The fourth-order valence-corrected chi connectivity index (χ4v) is 4.59. The van der Waals surface area contributed by atoms with Crippen molar-refractivity contribution < 1.29 is 14.3 Å². The Labute approximate surface area is 173 Å². The average molecular weight is 395 g/mol. The van der Waals surface area contributed by atoms with Crippen molar-refractivity contribution in [2.45, 2.75) is 70.1 Å². The van der Waals surface area contributed by atoms with E-state index in [2.05, 4.69) is 28.9 Å². The van der Waals surface area contributed by atoms with Gasteiger partial charge in [0.25, 0.3) is 0 Å². The molecule has 154 valence electrons. The first kappa shape index (κ1) is 19.7. The summed E-state index contributed by atoms with van der Waals surface area (Å²) >= 11 is 0. The Morgan fingerprint density at radius 2 is 1.86 bits per heavy atom. The van der Waals surface area contributed by atoms with Crippen molar-refractivity contribution in [2.24, 2.45) is 0 Å². The minimum Gasteiger partial charge on any atom is -0.494 e. The quantitative estimate of drug-likeness (QED) is 0.666. The Morgan fingerprint density at radius 1 is 1.10 bits per heavy atom. The molecule has 4 rings (SSSR count). The molecule has 2 aliphatic rings. The van der Waals surface area contributed by atoms with Gasteiger partial charge in [-0.1, -0.05) is 19.1 Å². The highest BCUT2D eigenvalue weighted by atomic mass is 16.5. The summed E-state index contributed by atoms with van der Waals surface area (Å²) < 4.78 is 11.7. The van der Waals surface area contributed by atoms with Gasteiger partial charge in [-0.15, -0.1) is 0 Å². The molecule has 0 saturated carbocycles. The minimum absolute atomic E-state index is 0.177. The molecule has 0 radical (unpaired) electrons. The van der Waals surface area contributed by atoms with E-state index in [0.29, 0.717) is 18.5 Å². The maximum Gasteiger partial charge on any atom is 0.223 e. The molecule has 1 aromatic carbocycles. The van der Waals surface area contributed by atoms with Gasteiger partial charge in [0, 0.05) is 37.5 Å². The second-order valence-corrected chi connectivity index (χ2v) is 8.08. The molecule has 2 saturated heterocycles. The number of fused-ring (bicyclic) bond motifs is 2. The summed E-state index contributed by atoms with van der Waals surface area (Å²) in [5.74, 6) is 2.00. The number of aryl methyl sites for hydroxylation is 1. The van der Waals surface area contributed by atoms with Gasteiger partial charge in [-0.05, 0) is 55.5 Å². The van der Waals surface area contributed by atoms with Crippen LogP contribution in [-0.2, 0) is 11.2 Å². The van der Waals surface area contributed by atoms with E-state index in [0.717, 1.165) is 56.6 Å². The Balaban J connectivity index is 1.28. The van der Waals surface area contributed by atoms with Gasteiger partial charge in [0.2, 0.25) is 5.91 Å². The standard InChI is InChI=1S/C24H30N2O3/c1-2-14-28-21-10-5-18(6-11-21)7-12-24(27)26-19-8-9-20(26)16-23(15-19)29-22-4-3-13-25-17-22/h3-6,10-11,13,17,19-20,23H,2,7-9,12,14-16H2,1H3. The molecule has 2 aliphatic heterocycles. The van der Waals surface area contributed by atoms with Gasteiger partial charge >= 0.3 is 0 Å². The van der Waals surface area contributed by atoms with E-state index in [4.69, 9.17) is 9.47 Å². The Kier molecular flexibility index (Phi) is 6.33. The number of aromatic nitrogens is 1. The summed E-state index contributed by atoms with van der Waals surface area (Å²) in [6.07, 6.45) is 10.1. The Hall–Kier alpha value is -2.56. The lowest BCUT2D eigenvalue weighted by atomic mass is 9.98. The first-order valence-corrected chi connectivity index (χ1v) is 10.8. The van der Waals surface area contributed by atoms with E-state index in [-0.39, 0.29) is 12.0 Å². The van der Waals surface area contributed by atoms with Crippen molar-refractivity contribution in [3.05, 3.63) is 54.4 Å². The lowest BCUT2D eigenvalue weighted by molar-refractivity contribution is -0.137. The Morgan fingerprint density at radius 3 is 2.52 bits per heavy atom. The number of ether oxygens (including phenoxy) is 2. The zero-order valence-corrected chi connectivity index (χ0v) is 17.1. The fraction of sp³-hybridized carbons (Fsp3) is 0.500. The molecular weight excluding hydrogens is 364 g/mol. The third-order valence-corrected chi connectivity index (χ3v) is 5.94. The zero-order chi connectivity index (χ0) is 20.1. The molecule has 2 bridgehead atoms. The highest BCUT2D eigenvalue weighted by Gasteiger charge is 2.43. The molecule has 2 fully saturated rings. The largest absolute Gasteiger partial charge is 0.494 e. The predicted octanol–water partition coefficient (Wildman–Crippen LogP) is 4.40. The number of hydrogen-bond acceptors (Lipinski definition) is 4. The summed E-state index contributed by atoms with van der Waals surface area (Å²) in [5.41, 5.74) is 1.18. The number of carbonyl (C=O) groups excluding carboxylic acids is 1.